The van der Waals surface area contributed by atoms with E-state index in [-0.39, 0.29) is 12.0 Å². The quantitative estimate of drug-likeness (QED) is 0.733. The molecule has 0 aromatic carbocycles. The van der Waals surface area contributed by atoms with Crippen molar-refractivity contribution in [2.45, 2.75) is 78.4 Å². The maximum Gasteiger partial charge on any atom is 0.410 e. The number of carbonyl (C=O) groups is 2. The van der Waals surface area contributed by atoms with E-state index in [9.17, 15) is 9.59 Å². The second-order valence-corrected chi connectivity index (χ2v) is 8.62. The van der Waals surface area contributed by atoms with Crippen LogP contribution < -0.4 is 0 Å². The van der Waals surface area contributed by atoms with Crippen LogP contribution in [0.4, 0.5) is 4.79 Å². The molecule has 5 nitrogen and oxygen atoms in total. The van der Waals surface area contributed by atoms with Crippen LogP contribution in [0.1, 0.15) is 66.7 Å². The van der Waals surface area contributed by atoms with Gasteiger partial charge in [0.05, 0.1) is 0 Å². The van der Waals surface area contributed by atoms with Crippen molar-refractivity contribution in [2.75, 3.05) is 19.6 Å². The summed E-state index contributed by atoms with van der Waals surface area (Å²) in [6, 6.07) is 0.339. The minimum Gasteiger partial charge on any atom is -0.444 e. The Bertz CT molecular complexity index is 450. The lowest BCUT2D eigenvalue weighted by Crippen LogP contribution is -2.48. The molecule has 0 saturated carbocycles. The molecular formula is C19H34N2O3. The van der Waals surface area contributed by atoms with Gasteiger partial charge in [-0.05, 0) is 59.3 Å². The molecule has 24 heavy (non-hydrogen) atoms. The predicted octanol–water partition coefficient (Wildman–Crippen LogP) is 3.67. The first-order valence-electron chi connectivity index (χ1n) is 9.46. The van der Waals surface area contributed by atoms with Gasteiger partial charge in [-0.1, -0.05) is 13.3 Å². The molecule has 2 amide bonds. The maximum absolute atomic E-state index is 13.0. The Hall–Kier alpha value is -1.26. The van der Waals surface area contributed by atoms with Crippen molar-refractivity contribution in [3.8, 4) is 0 Å². The number of hydrogen-bond donors (Lipinski definition) is 0. The minimum atomic E-state index is -0.471. The number of nitrogens with zero attached hydrogens (tertiary/aromatic N) is 2. The molecule has 0 N–H and O–H groups in total. The van der Waals surface area contributed by atoms with Crippen molar-refractivity contribution in [2.24, 2.45) is 11.8 Å². The van der Waals surface area contributed by atoms with Crippen LogP contribution in [0.15, 0.2) is 0 Å². The van der Waals surface area contributed by atoms with Gasteiger partial charge in [-0.25, -0.2) is 4.79 Å². The van der Waals surface area contributed by atoms with E-state index >= 15 is 0 Å². The third-order valence-corrected chi connectivity index (χ3v) is 5.14. The zero-order chi connectivity index (χ0) is 17.9. The Labute approximate surface area is 146 Å². The largest absolute Gasteiger partial charge is 0.444 e. The van der Waals surface area contributed by atoms with Crippen LogP contribution in [0.25, 0.3) is 0 Å². The fourth-order valence-corrected chi connectivity index (χ4v) is 3.70. The molecule has 0 aromatic heterocycles. The van der Waals surface area contributed by atoms with Gasteiger partial charge in [0, 0.05) is 31.6 Å². The summed E-state index contributed by atoms with van der Waals surface area (Å²) in [4.78, 5) is 28.9. The fourth-order valence-electron chi connectivity index (χ4n) is 3.70. The third-order valence-electron chi connectivity index (χ3n) is 5.14. The van der Waals surface area contributed by atoms with Crippen molar-refractivity contribution < 1.29 is 14.3 Å². The zero-order valence-electron chi connectivity index (χ0n) is 16.0. The summed E-state index contributed by atoms with van der Waals surface area (Å²) in [5, 5.41) is 0. The average Bonchev–Trinajstić information content (AvgIpc) is 2.66. The average molecular weight is 338 g/mol. The Morgan fingerprint density at radius 3 is 2.21 bits per heavy atom. The monoisotopic (exact) mass is 338 g/mol. The van der Waals surface area contributed by atoms with Crippen LogP contribution in [-0.2, 0) is 9.53 Å². The lowest BCUT2D eigenvalue weighted by molar-refractivity contribution is -0.139. The van der Waals surface area contributed by atoms with E-state index in [1.807, 2.05) is 20.8 Å². The van der Waals surface area contributed by atoms with E-state index in [0.29, 0.717) is 31.0 Å². The van der Waals surface area contributed by atoms with E-state index in [1.54, 1.807) is 4.90 Å². The molecule has 2 rings (SSSR count). The van der Waals surface area contributed by atoms with Gasteiger partial charge in [0.15, 0.2) is 0 Å². The molecule has 0 bridgehead atoms. The molecule has 5 heteroatoms. The first-order valence-corrected chi connectivity index (χ1v) is 9.46. The molecule has 0 unspecified atom stereocenters. The number of likely N-dealkylation sites (tertiary alicyclic amines) is 2. The number of hydrogen-bond acceptors (Lipinski definition) is 3. The van der Waals surface area contributed by atoms with Gasteiger partial charge in [0.25, 0.3) is 0 Å². The van der Waals surface area contributed by atoms with Gasteiger partial charge < -0.3 is 14.5 Å². The van der Waals surface area contributed by atoms with Gasteiger partial charge >= 0.3 is 6.09 Å². The van der Waals surface area contributed by atoms with Crippen molar-refractivity contribution in [3.63, 3.8) is 0 Å². The maximum atomic E-state index is 13.0. The summed E-state index contributed by atoms with van der Waals surface area (Å²) < 4.78 is 5.43. The number of ether oxygens (including phenoxy) is 1. The van der Waals surface area contributed by atoms with E-state index in [4.69, 9.17) is 4.74 Å². The minimum absolute atomic E-state index is 0.0523. The molecule has 2 fully saturated rings. The van der Waals surface area contributed by atoms with E-state index in [1.165, 1.54) is 12.8 Å². The summed E-state index contributed by atoms with van der Waals surface area (Å²) in [6.45, 7) is 12.2. The first-order chi connectivity index (χ1) is 11.2. The molecular weight excluding hydrogens is 304 g/mol. The highest BCUT2D eigenvalue weighted by Gasteiger charge is 2.34. The molecule has 2 aliphatic rings. The molecule has 2 saturated heterocycles. The number of amides is 2. The Balaban J connectivity index is 1.89. The van der Waals surface area contributed by atoms with E-state index in [2.05, 4.69) is 18.7 Å². The smallest absolute Gasteiger partial charge is 0.410 e. The Morgan fingerprint density at radius 2 is 1.62 bits per heavy atom. The summed E-state index contributed by atoms with van der Waals surface area (Å²) in [6.07, 6.45) is 4.76. The van der Waals surface area contributed by atoms with Gasteiger partial charge in [0.2, 0.25) is 5.91 Å². The second kappa shape index (κ2) is 7.75. The van der Waals surface area contributed by atoms with Crippen LogP contribution in [0, 0.1) is 11.8 Å². The van der Waals surface area contributed by atoms with E-state index in [0.717, 1.165) is 25.8 Å². The van der Waals surface area contributed by atoms with Crippen molar-refractivity contribution in [3.05, 3.63) is 0 Å². The summed E-state index contributed by atoms with van der Waals surface area (Å²) in [5.41, 5.74) is -0.471. The lowest BCUT2D eigenvalue weighted by atomic mass is 9.94. The molecule has 0 radical (unpaired) electrons. The predicted molar refractivity (Wildman–Crippen MR) is 94.7 cm³/mol. The SMILES string of the molecule is C[C@H]1CCC[C@@H](C)N(C(=O)C2CCN(C(=O)OC(C)(C)C)CC2)C1. The number of piperidine rings is 1. The van der Waals surface area contributed by atoms with Crippen LogP contribution in [0.3, 0.4) is 0 Å². The molecule has 2 heterocycles. The zero-order valence-corrected chi connectivity index (χ0v) is 16.0. The number of carbonyl (C=O) groups excluding carboxylic acids is 2. The van der Waals surface area contributed by atoms with Crippen LogP contribution >= 0.6 is 0 Å². The van der Waals surface area contributed by atoms with Crippen LogP contribution in [0.2, 0.25) is 0 Å². The fraction of sp³-hybridized carbons (Fsp3) is 0.895. The topological polar surface area (TPSA) is 49.9 Å². The van der Waals surface area contributed by atoms with Crippen molar-refractivity contribution in [1.82, 2.24) is 9.80 Å². The molecule has 0 aromatic rings. The van der Waals surface area contributed by atoms with Gasteiger partial charge in [-0.15, -0.1) is 0 Å². The second-order valence-electron chi connectivity index (χ2n) is 8.62. The standard InChI is InChI=1S/C19H34N2O3/c1-14-7-6-8-15(2)21(13-14)17(22)16-9-11-20(12-10-16)18(23)24-19(3,4)5/h14-16H,6-13H2,1-5H3/t14-,15+/m0/s1. The summed E-state index contributed by atoms with van der Waals surface area (Å²) in [7, 11) is 0. The summed E-state index contributed by atoms with van der Waals surface area (Å²) in [5.74, 6) is 0.928. The Kier molecular flexibility index (Phi) is 6.16. The summed E-state index contributed by atoms with van der Waals surface area (Å²) >= 11 is 0. The van der Waals surface area contributed by atoms with Crippen LogP contribution in [0.5, 0.6) is 0 Å². The highest BCUT2D eigenvalue weighted by atomic mass is 16.6. The molecule has 0 spiro atoms. The lowest BCUT2D eigenvalue weighted by Gasteiger charge is -2.37. The Morgan fingerprint density at radius 1 is 1.00 bits per heavy atom. The normalized spacial score (nSPS) is 26.9. The molecule has 2 atom stereocenters. The molecule has 2 aliphatic heterocycles. The van der Waals surface area contributed by atoms with Crippen molar-refractivity contribution >= 4 is 12.0 Å². The van der Waals surface area contributed by atoms with Gasteiger partial charge in [-0.3, -0.25) is 4.79 Å². The van der Waals surface area contributed by atoms with Crippen molar-refractivity contribution in [1.29, 1.82) is 0 Å². The van der Waals surface area contributed by atoms with E-state index < -0.39 is 5.60 Å². The van der Waals surface area contributed by atoms with Gasteiger partial charge in [0.1, 0.15) is 5.60 Å². The first kappa shape index (κ1) is 19.1. The van der Waals surface area contributed by atoms with Crippen LogP contribution in [-0.4, -0.2) is 53.1 Å². The van der Waals surface area contributed by atoms with Gasteiger partial charge in [-0.2, -0.15) is 0 Å². The highest BCUT2D eigenvalue weighted by molar-refractivity contribution is 5.79. The number of rotatable bonds is 1. The molecule has 138 valence electrons. The molecule has 0 aliphatic carbocycles. The third kappa shape index (κ3) is 5.12. The highest BCUT2D eigenvalue weighted by Crippen LogP contribution is 2.26.